The quantitative estimate of drug-likeness (QED) is 0.882. The minimum atomic E-state index is -0.265. The largest absolute Gasteiger partial charge is 0.384 e. The van der Waals surface area contributed by atoms with Crippen molar-refractivity contribution in [1.29, 1.82) is 0 Å². The summed E-state index contributed by atoms with van der Waals surface area (Å²) in [6.07, 6.45) is 1.36. The van der Waals surface area contributed by atoms with Crippen LogP contribution in [0.3, 0.4) is 0 Å². The fourth-order valence-corrected chi connectivity index (χ4v) is 1.74. The van der Waals surface area contributed by atoms with Gasteiger partial charge in [-0.05, 0) is 18.4 Å². The average Bonchev–Trinajstić information content (AvgIpc) is 2.68. The molecule has 3 nitrogen and oxygen atoms in total. The molecule has 0 saturated heterocycles. The molecule has 1 heterocycles. The van der Waals surface area contributed by atoms with E-state index >= 15 is 0 Å². The maximum Gasteiger partial charge on any atom is 0.121 e. The normalized spacial score (nSPS) is 10.7. The number of nitrogens with two attached hydrogens (primary N) is 1. The fraction of sp³-hybridized carbons (Fsp3) is 0.308. The van der Waals surface area contributed by atoms with E-state index in [1.54, 1.807) is 4.68 Å². The molecule has 0 aliphatic heterocycles. The molecule has 0 aliphatic rings. The molecule has 1 aromatic carbocycles. The molecule has 0 saturated carbocycles. The Balaban J connectivity index is 2.17. The van der Waals surface area contributed by atoms with Crippen LogP contribution in [0.4, 0.5) is 10.2 Å². The molecule has 0 fully saturated rings. The van der Waals surface area contributed by atoms with Gasteiger partial charge in [-0.15, -0.1) is 0 Å². The number of hydrogen-bond acceptors (Lipinski definition) is 2. The maximum atomic E-state index is 12.0. The van der Waals surface area contributed by atoms with E-state index in [1.165, 1.54) is 0 Å². The Labute approximate surface area is 100 Å². The van der Waals surface area contributed by atoms with Gasteiger partial charge in [-0.1, -0.05) is 24.3 Å². The molecule has 0 radical (unpaired) electrons. The minimum Gasteiger partial charge on any atom is -0.384 e. The topological polar surface area (TPSA) is 43.8 Å². The van der Waals surface area contributed by atoms with Gasteiger partial charge in [0.2, 0.25) is 0 Å². The molecule has 0 atom stereocenters. The molecule has 0 spiro atoms. The Bertz CT molecular complexity index is 468. The van der Waals surface area contributed by atoms with Crippen molar-refractivity contribution in [3.8, 4) is 11.3 Å². The average molecular weight is 233 g/mol. The van der Waals surface area contributed by atoms with Crippen LogP contribution >= 0.6 is 0 Å². The highest BCUT2D eigenvalue weighted by Gasteiger charge is 2.04. The Morgan fingerprint density at radius 2 is 2.00 bits per heavy atom. The van der Waals surface area contributed by atoms with Crippen LogP contribution in [0.1, 0.15) is 12.0 Å². The van der Waals surface area contributed by atoms with E-state index in [9.17, 15) is 4.39 Å². The van der Waals surface area contributed by atoms with Crippen LogP contribution in [0.5, 0.6) is 0 Å². The highest BCUT2D eigenvalue weighted by atomic mass is 19.1. The van der Waals surface area contributed by atoms with Gasteiger partial charge in [0.1, 0.15) is 5.82 Å². The van der Waals surface area contributed by atoms with E-state index < -0.39 is 0 Å². The van der Waals surface area contributed by atoms with Gasteiger partial charge in [0, 0.05) is 18.7 Å². The number of aromatic nitrogens is 2. The lowest BCUT2D eigenvalue weighted by molar-refractivity contribution is 0.473. The second-order valence-corrected chi connectivity index (χ2v) is 4.07. The number of rotatable bonds is 4. The fourth-order valence-electron chi connectivity index (χ4n) is 1.74. The van der Waals surface area contributed by atoms with E-state index in [1.807, 2.05) is 37.4 Å². The predicted octanol–water partition coefficient (Wildman–Crippen LogP) is 2.57. The molecule has 17 heavy (non-hydrogen) atoms. The Hall–Kier alpha value is -1.84. The van der Waals surface area contributed by atoms with Gasteiger partial charge in [-0.25, -0.2) is 0 Å². The Morgan fingerprint density at radius 1 is 1.29 bits per heavy atom. The number of halogens is 1. The van der Waals surface area contributed by atoms with Crippen molar-refractivity contribution in [2.24, 2.45) is 7.05 Å². The summed E-state index contributed by atoms with van der Waals surface area (Å²) in [6.45, 7) is -0.265. The zero-order valence-electron chi connectivity index (χ0n) is 9.86. The highest BCUT2D eigenvalue weighted by molar-refractivity contribution is 5.62. The second kappa shape index (κ2) is 4.99. The van der Waals surface area contributed by atoms with Crippen LogP contribution in [0, 0.1) is 0 Å². The van der Waals surface area contributed by atoms with Gasteiger partial charge in [0.05, 0.1) is 12.4 Å². The van der Waals surface area contributed by atoms with Crippen molar-refractivity contribution in [2.45, 2.75) is 12.8 Å². The summed E-state index contributed by atoms with van der Waals surface area (Å²) >= 11 is 0. The molecule has 0 aliphatic carbocycles. The first-order valence-corrected chi connectivity index (χ1v) is 5.65. The van der Waals surface area contributed by atoms with Gasteiger partial charge in [-0.2, -0.15) is 5.10 Å². The third-order valence-corrected chi connectivity index (χ3v) is 2.76. The monoisotopic (exact) mass is 233 g/mol. The zero-order chi connectivity index (χ0) is 12.3. The van der Waals surface area contributed by atoms with Crippen molar-refractivity contribution < 1.29 is 4.39 Å². The summed E-state index contributed by atoms with van der Waals surface area (Å²) in [5, 5.41) is 4.30. The smallest absolute Gasteiger partial charge is 0.121 e. The molecule has 4 heteroatoms. The zero-order valence-corrected chi connectivity index (χ0v) is 9.86. The second-order valence-electron chi connectivity index (χ2n) is 4.07. The lowest BCUT2D eigenvalue weighted by atomic mass is 10.1. The van der Waals surface area contributed by atoms with Crippen molar-refractivity contribution in [3.63, 3.8) is 0 Å². The first-order chi connectivity index (χ1) is 8.20. The minimum absolute atomic E-state index is 0.265. The summed E-state index contributed by atoms with van der Waals surface area (Å²) in [5.74, 6) is 0.640. The van der Waals surface area contributed by atoms with Crippen LogP contribution < -0.4 is 5.73 Å². The predicted molar refractivity (Wildman–Crippen MR) is 67.4 cm³/mol. The van der Waals surface area contributed by atoms with Crippen molar-refractivity contribution in [2.75, 3.05) is 12.4 Å². The Kier molecular flexibility index (Phi) is 3.42. The van der Waals surface area contributed by atoms with E-state index in [-0.39, 0.29) is 6.67 Å². The third kappa shape index (κ3) is 2.64. The van der Waals surface area contributed by atoms with Gasteiger partial charge in [0.25, 0.3) is 0 Å². The van der Waals surface area contributed by atoms with Crippen LogP contribution in [0.15, 0.2) is 30.3 Å². The van der Waals surface area contributed by atoms with Gasteiger partial charge < -0.3 is 5.73 Å². The standard InChI is InChI=1S/C13H16FN3/c1-17-13(15)9-12(16-17)11-6-4-10(5-7-11)3-2-8-14/h4-7,9H,2-3,8,15H2,1H3. The van der Waals surface area contributed by atoms with Crippen molar-refractivity contribution in [3.05, 3.63) is 35.9 Å². The van der Waals surface area contributed by atoms with Gasteiger partial charge in [0.15, 0.2) is 0 Å². The number of aryl methyl sites for hydroxylation is 2. The van der Waals surface area contributed by atoms with E-state index in [4.69, 9.17) is 5.73 Å². The number of anilines is 1. The number of alkyl halides is 1. The summed E-state index contributed by atoms with van der Waals surface area (Å²) in [6, 6.07) is 9.85. The summed E-state index contributed by atoms with van der Waals surface area (Å²) < 4.78 is 13.7. The maximum absolute atomic E-state index is 12.0. The molecular weight excluding hydrogens is 217 g/mol. The SMILES string of the molecule is Cn1nc(-c2ccc(CCCF)cc2)cc1N. The molecule has 1 aromatic heterocycles. The third-order valence-electron chi connectivity index (χ3n) is 2.76. The molecule has 2 rings (SSSR count). The van der Waals surface area contributed by atoms with Gasteiger partial charge >= 0.3 is 0 Å². The highest BCUT2D eigenvalue weighted by Crippen LogP contribution is 2.20. The summed E-state index contributed by atoms with van der Waals surface area (Å²) in [5.41, 5.74) is 8.77. The van der Waals surface area contributed by atoms with Crippen molar-refractivity contribution in [1.82, 2.24) is 9.78 Å². The molecule has 0 bridgehead atoms. The number of hydrogen-bond donors (Lipinski definition) is 1. The van der Waals surface area contributed by atoms with Crippen LogP contribution in [-0.4, -0.2) is 16.5 Å². The van der Waals surface area contributed by atoms with Crippen LogP contribution in [-0.2, 0) is 13.5 Å². The van der Waals surface area contributed by atoms with E-state index in [0.717, 1.165) is 23.2 Å². The summed E-state index contributed by atoms with van der Waals surface area (Å²) in [7, 11) is 1.81. The molecule has 0 amide bonds. The summed E-state index contributed by atoms with van der Waals surface area (Å²) in [4.78, 5) is 0. The molecular formula is C13H16FN3. The Morgan fingerprint density at radius 3 is 2.53 bits per heavy atom. The molecule has 90 valence electrons. The van der Waals surface area contributed by atoms with Crippen molar-refractivity contribution >= 4 is 5.82 Å². The van der Waals surface area contributed by atoms with Gasteiger partial charge in [-0.3, -0.25) is 9.07 Å². The number of benzene rings is 1. The first kappa shape index (κ1) is 11.6. The lowest BCUT2D eigenvalue weighted by Gasteiger charge is -2.00. The lowest BCUT2D eigenvalue weighted by Crippen LogP contribution is -1.96. The number of nitrogen functional groups attached to an aromatic ring is 1. The first-order valence-electron chi connectivity index (χ1n) is 5.65. The van der Waals surface area contributed by atoms with Crippen LogP contribution in [0.2, 0.25) is 0 Å². The molecule has 2 aromatic rings. The number of nitrogens with zero attached hydrogens (tertiary/aromatic N) is 2. The molecule has 0 unspecified atom stereocenters. The van der Waals surface area contributed by atoms with Crippen LogP contribution in [0.25, 0.3) is 11.3 Å². The van der Waals surface area contributed by atoms with E-state index in [0.29, 0.717) is 12.2 Å². The van der Waals surface area contributed by atoms with E-state index in [2.05, 4.69) is 5.10 Å². The molecule has 2 N–H and O–H groups in total.